The lowest BCUT2D eigenvalue weighted by Gasteiger charge is -2.20. The van der Waals surface area contributed by atoms with Crippen molar-refractivity contribution in [1.29, 1.82) is 0 Å². The molecule has 2 aromatic heterocycles. The van der Waals surface area contributed by atoms with Crippen LogP contribution in [0.2, 0.25) is 0 Å². The van der Waals surface area contributed by atoms with Crippen LogP contribution in [-0.2, 0) is 35.4 Å². The Morgan fingerprint density at radius 3 is 2.35 bits per heavy atom. The topological polar surface area (TPSA) is 114 Å². The molecule has 0 aliphatic heterocycles. The van der Waals surface area contributed by atoms with Crippen molar-refractivity contribution in [2.75, 3.05) is 13.7 Å². The summed E-state index contributed by atoms with van der Waals surface area (Å²) in [6.45, 7) is 0.327. The van der Waals surface area contributed by atoms with Crippen molar-refractivity contribution < 1.29 is 14.3 Å². The Labute approximate surface area is 279 Å². The number of nitrogens with one attached hydrogen (secondary N) is 3. The van der Waals surface area contributed by atoms with E-state index in [2.05, 4.69) is 43.5 Å². The van der Waals surface area contributed by atoms with Gasteiger partial charge in [0.15, 0.2) is 5.82 Å². The molecule has 6 rings (SSSR count). The first-order chi connectivity index (χ1) is 23.6. The first kappa shape index (κ1) is 32.0. The van der Waals surface area contributed by atoms with Crippen molar-refractivity contribution >= 4 is 28.8 Å². The van der Waals surface area contributed by atoms with Crippen LogP contribution in [0.4, 0.5) is 0 Å². The van der Waals surface area contributed by atoms with Gasteiger partial charge in [-0.05, 0) is 52.9 Å². The lowest BCUT2D eigenvalue weighted by Crippen LogP contribution is -2.39. The van der Waals surface area contributed by atoms with E-state index < -0.39 is 6.04 Å². The van der Waals surface area contributed by atoms with Gasteiger partial charge >= 0.3 is 0 Å². The summed E-state index contributed by atoms with van der Waals surface area (Å²) in [6, 6.07) is 35.3. The third kappa shape index (κ3) is 8.24. The van der Waals surface area contributed by atoms with E-state index in [1.807, 2.05) is 97.2 Å². The number of aromatic amines is 1. The smallest absolute Gasteiger partial charge is 0.244 e. The average Bonchev–Trinajstić information content (AvgIpc) is 3.73. The van der Waals surface area contributed by atoms with Gasteiger partial charge in [-0.2, -0.15) is 0 Å². The molecule has 0 saturated heterocycles. The maximum absolute atomic E-state index is 13.4. The monoisotopic (exact) mass is 638 g/mol. The number of benzene rings is 4. The van der Waals surface area contributed by atoms with E-state index in [0.29, 0.717) is 25.2 Å². The summed E-state index contributed by atoms with van der Waals surface area (Å²) in [7, 11) is 1.65. The van der Waals surface area contributed by atoms with E-state index in [1.54, 1.807) is 13.2 Å². The summed E-state index contributed by atoms with van der Waals surface area (Å²) in [5, 5.41) is 16.3. The highest BCUT2D eigenvalue weighted by Gasteiger charge is 2.25. The highest BCUT2D eigenvalue weighted by Crippen LogP contribution is 2.26. The van der Waals surface area contributed by atoms with Gasteiger partial charge in [0.1, 0.15) is 11.6 Å². The molecule has 2 heterocycles. The van der Waals surface area contributed by atoms with E-state index in [9.17, 15) is 9.59 Å². The third-order valence-corrected chi connectivity index (χ3v) is 8.23. The Bertz CT molecular complexity index is 1980. The highest BCUT2D eigenvalue weighted by molar-refractivity contribution is 5.94. The number of aromatic nitrogens is 4. The first-order valence-corrected chi connectivity index (χ1v) is 16.0. The van der Waals surface area contributed by atoms with Crippen LogP contribution in [0.15, 0.2) is 121 Å². The van der Waals surface area contributed by atoms with Crippen molar-refractivity contribution in [2.45, 2.75) is 31.8 Å². The van der Waals surface area contributed by atoms with Crippen molar-refractivity contribution in [3.8, 4) is 5.75 Å². The molecule has 9 nitrogen and oxygen atoms in total. The molecule has 0 fully saturated rings. The number of carbonyl (C=O) groups is 2. The fraction of sp³-hybridized carbons (Fsp3) is 0.179. The fourth-order valence-corrected chi connectivity index (χ4v) is 5.71. The number of amides is 2. The molecule has 0 aliphatic carbocycles. The van der Waals surface area contributed by atoms with E-state index in [0.717, 1.165) is 45.6 Å². The zero-order chi connectivity index (χ0) is 33.1. The summed E-state index contributed by atoms with van der Waals surface area (Å²) in [5.41, 5.74) is 5.20. The van der Waals surface area contributed by atoms with Gasteiger partial charge in [0.25, 0.3) is 0 Å². The van der Waals surface area contributed by atoms with Crippen LogP contribution >= 0.6 is 0 Å². The van der Waals surface area contributed by atoms with Gasteiger partial charge in [-0.15, -0.1) is 10.2 Å². The number of fused-ring (bicyclic) bond motifs is 1. The third-order valence-electron chi connectivity index (χ3n) is 8.23. The predicted molar refractivity (Wildman–Crippen MR) is 187 cm³/mol. The Balaban J connectivity index is 1.27. The maximum atomic E-state index is 13.4. The van der Waals surface area contributed by atoms with E-state index >= 15 is 0 Å². The second-order valence-corrected chi connectivity index (χ2v) is 11.5. The van der Waals surface area contributed by atoms with Gasteiger partial charge in [0.2, 0.25) is 11.8 Å². The molecule has 0 spiro atoms. The molecule has 0 aliphatic rings. The Morgan fingerprint density at radius 2 is 1.58 bits per heavy atom. The van der Waals surface area contributed by atoms with Gasteiger partial charge in [-0.1, -0.05) is 91.0 Å². The number of ether oxygens (including phenoxy) is 1. The van der Waals surface area contributed by atoms with Crippen LogP contribution < -0.4 is 15.4 Å². The number of carbonyl (C=O) groups excluding carboxylic acids is 2. The van der Waals surface area contributed by atoms with Crippen LogP contribution in [0.3, 0.4) is 0 Å². The second-order valence-electron chi connectivity index (χ2n) is 11.5. The number of H-pyrrole nitrogens is 1. The number of hydrogen-bond donors (Lipinski definition) is 3. The zero-order valence-corrected chi connectivity index (χ0v) is 26.8. The molecule has 1 atom stereocenters. The number of methoxy groups -OCH3 is 1. The number of aryl methyl sites for hydroxylation is 2. The number of hydrogen-bond acceptors (Lipinski definition) is 5. The van der Waals surface area contributed by atoms with Crippen LogP contribution in [0, 0.1) is 0 Å². The van der Waals surface area contributed by atoms with E-state index in [4.69, 9.17) is 9.84 Å². The minimum Gasteiger partial charge on any atom is -0.497 e. The lowest BCUT2D eigenvalue weighted by atomic mass is 10.0. The molecular weight excluding hydrogens is 600 g/mol. The molecule has 48 heavy (non-hydrogen) atoms. The van der Waals surface area contributed by atoms with Crippen LogP contribution in [0.5, 0.6) is 5.75 Å². The van der Waals surface area contributed by atoms with Gasteiger partial charge in [-0.3, -0.25) is 9.59 Å². The van der Waals surface area contributed by atoms with Crippen molar-refractivity contribution in [2.24, 2.45) is 0 Å². The molecule has 4 aromatic carbocycles. The van der Waals surface area contributed by atoms with Gasteiger partial charge in [-0.25, -0.2) is 0 Å². The molecule has 6 aromatic rings. The molecular formula is C39H38N6O3. The lowest BCUT2D eigenvalue weighted by molar-refractivity contribution is -0.124. The van der Waals surface area contributed by atoms with Crippen molar-refractivity contribution in [1.82, 2.24) is 30.4 Å². The number of rotatable bonds is 14. The van der Waals surface area contributed by atoms with Gasteiger partial charge in [0.05, 0.1) is 26.2 Å². The minimum absolute atomic E-state index is 0.185. The molecule has 242 valence electrons. The largest absolute Gasteiger partial charge is 0.497 e. The predicted octanol–water partition coefficient (Wildman–Crippen LogP) is 5.83. The quantitative estimate of drug-likeness (QED) is 0.130. The Morgan fingerprint density at radius 1 is 0.854 bits per heavy atom. The summed E-state index contributed by atoms with van der Waals surface area (Å²) in [4.78, 5) is 29.3. The Kier molecular flexibility index (Phi) is 10.4. The van der Waals surface area contributed by atoms with E-state index in [-0.39, 0.29) is 18.4 Å². The highest BCUT2D eigenvalue weighted by atomic mass is 16.5. The number of nitrogens with zero attached hydrogens (tertiary/aromatic N) is 3. The molecule has 0 unspecified atom stereocenters. The molecule has 9 heteroatoms. The maximum Gasteiger partial charge on any atom is 0.244 e. The molecule has 0 bridgehead atoms. The fourth-order valence-electron chi connectivity index (χ4n) is 5.71. The van der Waals surface area contributed by atoms with E-state index in [1.165, 1.54) is 11.6 Å². The molecule has 0 radical (unpaired) electrons. The SMILES string of the molecule is COc1ccc(Cn2c(CCc3ccccc3)nnc2[C@@H](Cc2c[nH]c3ccccc23)NC(=O)CNC(=O)/C=C/c2ccccc2)cc1. The van der Waals surface area contributed by atoms with Crippen molar-refractivity contribution in [3.05, 3.63) is 155 Å². The minimum atomic E-state index is -0.523. The summed E-state index contributed by atoms with van der Waals surface area (Å²) >= 11 is 0. The van der Waals surface area contributed by atoms with Crippen molar-refractivity contribution in [3.63, 3.8) is 0 Å². The normalized spacial score (nSPS) is 11.9. The van der Waals surface area contributed by atoms with Crippen LogP contribution in [0.25, 0.3) is 17.0 Å². The molecule has 0 saturated carbocycles. The van der Waals surface area contributed by atoms with Crippen LogP contribution in [0.1, 0.15) is 39.9 Å². The van der Waals surface area contributed by atoms with Crippen LogP contribution in [-0.4, -0.2) is 45.2 Å². The first-order valence-electron chi connectivity index (χ1n) is 16.0. The summed E-state index contributed by atoms with van der Waals surface area (Å²) in [5.74, 6) is 1.56. The Hall–Kier alpha value is -5.96. The molecule has 2 amide bonds. The average molecular weight is 639 g/mol. The summed E-state index contributed by atoms with van der Waals surface area (Å²) < 4.78 is 7.48. The second kappa shape index (κ2) is 15.6. The number of para-hydroxylation sites is 1. The van der Waals surface area contributed by atoms with Gasteiger partial charge < -0.3 is 24.9 Å². The standard InChI is InChI=1S/C39H38N6O3/c1-48-32-20-16-30(17-21-32)27-45-36(22-18-28-10-4-2-5-11-28)43-44-39(45)35(24-31-25-40-34-15-9-8-14-33(31)34)42-38(47)26-41-37(46)23-19-29-12-6-3-7-13-29/h2-17,19-21,23,25,35,40H,18,22,24,26-27H2,1H3,(H,41,46)(H,42,47)/b23-19+/t35-/m1/s1. The zero-order valence-electron chi connectivity index (χ0n) is 26.8. The van der Waals surface area contributed by atoms with Gasteiger partial charge in [0, 0.05) is 36.0 Å². The summed E-state index contributed by atoms with van der Waals surface area (Å²) in [6.07, 6.45) is 7.05. The molecule has 3 N–H and O–H groups in total.